The zero-order valence-corrected chi connectivity index (χ0v) is 18.9. The first kappa shape index (κ1) is 21.9. The average molecular weight is 433 g/mol. The van der Waals surface area contributed by atoms with Gasteiger partial charge in [-0.2, -0.15) is 0 Å². The summed E-state index contributed by atoms with van der Waals surface area (Å²) in [6.07, 6.45) is 1.59. The Morgan fingerprint density at radius 3 is 2.50 bits per heavy atom. The van der Waals surface area contributed by atoms with Crippen LogP contribution in [-0.4, -0.2) is 47.0 Å². The van der Waals surface area contributed by atoms with E-state index < -0.39 is 0 Å². The summed E-state index contributed by atoms with van der Waals surface area (Å²) in [5.41, 5.74) is 4.98. The lowest BCUT2D eigenvalue weighted by atomic mass is 10.0. The Bertz CT molecular complexity index is 1110. The van der Waals surface area contributed by atoms with Crippen molar-refractivity contribution in [3.8, 4) is 0 Å². The molecule has 166 valence electrons. The molecule has 6 heteroatoms. The van der Waals surface area contributed by atoms with E-state index in [1.807, 2.05) is 18.7 Å². The van der Waals surface area contributed by atoms with Crippen molar-refractivity contribution in [2.75, 3.05) is 31.1 Å². The normalized spacial score (nSPS) is 14.4. The third kappa shape index (κ3) is 4.96. The van der Waals surface area contributed by atoms with Gasteiger partial charge in [-0.25, -0.2) is 14.4 Å². The van der Waals surface area contributed by atoms with E-state index >= 15 is 0 Å². The largest absolute Gasteiger partial charge is 0.354 e. The van der Waals surface area contributed by atoms with Crippen LogP contribution in [0.15, 0.2) is 48.5 Å². The second-order valence-electron chi connectivity index (χ2n) is 8.46. The summed E-state index contributed by atoms with van der Waals surface area (Å²) in [6, 6.07) is 14.5. The Balaban J connectivity index is 1.56. The van der Waals surface area contributed by atoms with Gasteiger partial charge in [-0.15, -0.1) is 0 Å². The Morgan fingerprint density at radius 2 is 1.75 bits per heavy atom. The van der Waals surface area contributed by atoms with Crippen molar-refractivity contribution < 1.29 is 9.18 Å². The van der Waals surface area contributed by atoms with Gasteiger partial charge in [0.05, 0.1) is 0 Å². The Kier molecular flexibility index (Phi) is 6.49. The van der Waals surface area contributed by atoms with Crippen molar-refractivity contribution in [3.05, 3.63) is 88.1 Å². The van der Waals surface area contributed by atoms with E-state index in [1.165, 1.54) is 23.3 Å². The topological polar surface area (TPSA) is 49.3 Å². The number of hydrogen-bond acceptors (Lipinski definition) is 4. The minimum absolute atomic E-state index is 0.124. The van der Waals surface area contributed by atoms with Crippen molar-refractivity contribution in [1.82, 2.24) is 14.9 Å². The number of amides is 1. The van der Waals surface area contributed by atoms with E-state index in [-0.39, 0.29) is 11.7 Å². The summed E-state index contributed by atoms with van der Waals surface area (Å²) in [5, 5.41) is 0. The standard InChI is InChI=1S/C26H29FN4O/c1-18-8-10-21(11-9-18)16-24-19(2)28-20(3)29-25(24)30-12-5-13-31(15-14-30)26(32)22-6-4-7-23(27)17-22/h4,6-11,17H,5,12-16H2,1-3H3. The van der Waals surface area contributed by atoms with Crippen LogP contribution in [0, 0.1) is 26.6 Å². The van der Waals surface area contributed by atoms with Crippen molar-refractivity contribution in [2.45, 2.75) is 33.6 Å². The maximum absolute atomic E-state index is 13.6. The lowest BCUT2D eigenvalue weighted by molar-refractivity contribution is 0.0766. The SMILES string of the molecule is Cc1ccc(Cc2c(C)nc(C)nc2N2CCCN(C(=O)c3cccc(F)c3)CC2)cc1. The zero-order chi connectivity index (χ0) is 22.7. The van der Waals surface area contributed by atoms with Gasteiger partial charge in [0, 0.05) is 49.4 Å². The molecule has 0 aliphatic carbocycles. The van der Waals surface area contributed by atoms with E-state index in [2.05, 4.69) is 41.1 Å². The molecule has 1 saturated heterocycles. The number of carbonyl (C=O) groups excluding carboxylic acids is 1. The summed E-state index contributed by atoms with van der Waals surface area (Å²) in [6.45, 7) is 8.75. The number of aryl methyl sites for hydroxylation is 3. The third-order valence-corrected chi connectivity index (χ3v) is 5.96. The van der Waals surface area contributed by atoms with E-state index in [0.29, 0.717) is 25.2 Å². The van der Waals surface area contributed by atoms with Crippen molar-refractivity contribution >= 4 is 11.7 Å². The Labute approximate surface area is 188 Å². The number of rotatable bonds is 4. The molecule has 0 saturated carbocycles. The molecule has 3 aromatic rings. The second-order valence-corrected chi connectivity index (χ2v) is 8.46. The molecule has 0 unspecified atom stereocenters. The predicted molar refractivity (Wildman–Crippen MR) is 125 cm³/mol. The molecule has 0 bridgehead atoms. The number of carbonyl (C=O) groups is 1. The van der Waals surface area contributed by atoms with Crippen LogP contribution < -0.4 is 4.90 Å². The molecule has 0 spiro atoms. The van der Waals surface area contributed by atoms with Crippen LogP contribution in [-0.2, 0) is 6.42 Å². The lowest BCUT2D eigenvalue weighted by Gasteiger charge is -2.26. The number of hydrogen-bond donors (Lipinski definition) is 0. The molecule has 0 N–H and O–H groups in total. The Hall–Kier alpha value is -3.28. The van der Waals surface area contributed by atoms with Gasteiger partial charge in [-0.05, 0) is 51.0 Å². The number of benzene rings is 2. The summed E-state index contributed by atoms with van der Waals surface area (Å²) in [5.74, 6) is 1.19. The number of halogens is 1. The first-order chi connectivity index (χ1) is 15.4. The van der Waals surface area contributed by atoms with Crippen molar-refractivity contribution in [2.24, 2.45) is 0 Å². The number of anilines is 1. The van der Waals surface area contributed by atoms with Gasteiger partial charge in [0.25, 0.3) is 5.91 Å². The summed E-state index contributed by atoms with van der Waals surface area (Å²) in [7, 11) is 0. The minimum Gasteiger partial charge on any atom is -0.354 e. The van der Waals surface area contributed by atoms with E-state index in [0.717, 1.165) is 42.3 Å². The maximum Gasteiger partial charge on any atom is 0.254 e. The molecule has 32 heavy (non-hydrogen) atoms. The van der Waals surface area contributed by atoms with Gasteiger partial charge < -0.3 is 9.80 Å². The molecule has 0 atom stereocenters. The molecule has 5 nitrogen and oxygen atoms in total. The van der Waals surface area contributed by atoms with Crippen LogP contribution in [0.5, 0.6) is 0 Å². The highest BCUT2D eigenvalue weighted by atomic mass is 19.1. The van der Waals surface area contributed by atoms with Crippen molar-refractivity contribution in [3.63, 3.8) is 0 Å². The fourth-order valence-corrected chi connectivity index (χ4v) is 4.23. The highest BCUT2D eigenvalue weighted by Crippen LogP contribution is 2.25. The average Bonchev–Trinajstić information content (AvgIpc) is 3.02. The van der Waals surface area contributed by atoms with Crippen LogP contribution >= 0.6 is 0 Å². The van der Waals surface area contributed by atoms with Gasteiger partial charge in [0.1, 0.15) is 17.5 Å². The van der Waals surface area contributed by atoms with Crippen LogP contribution in [0.1, 0.15) is 45.0 Å². The quantitative estimate of drug-likeness (QED) is 0.610. The van der Waals surface area contributed by atoms with E-state index in [1.54, 1.807) is 12.1 Å². The molecular weight excluding hydrogens is 403 g/mol. The van der Waals surface area contributed by atoms with Crippen LogP contribution in [0.3, 0.4) is 0 Å². The summed E-state index contributed by atoms with van der Waals surface area (Å²) >= 11 is 0. The third-order valence-electron chi connectivity index (χ3n) is 5.96. The zero-order valence-electron chi connectivity index (χ0n) is 18.9. The number of nitrogens with zero attached hydrogens (tertiary/aromatic N) is 4. The number of aromatic nitrogens is 2. The van der Waals surface area contributed by atoms with Crippen LogP contribution in [0.25, 0.3) is 0 Å². The molecule has 1 amide bonds. The Morgan fingerprint density at radius 1 is 0.969 bits per heavy atom. The fourth-order valence-electron chi connectivity index (χ4n) is 4.23. The molecule has 1 aromatic heterocycles. The van der Waals surface area contributed by atoms with Gasteiger partial charge in [-0.3, -0.25) is 4.79 Å². The monoisotopic (exact) mass is 432 g/mol. The van der Waals surface area contributed by atoms with Crippen LogP contribution in [0.2, 0.25) is 0 Å². The van der Waals surface area contributed by atoms with Crippen molar-refractivity contribution in [1.29, 1.82) is 0 Å². The predicted octanol–water partition coefficient (Wildman–Crippen LogP) is 4.48. The second kappa shape index (κ2) is 9.47. The van der Waals surface area contributed by atoms with E-state index in [4.69, 9.17) is 4.98 Å². The molecule has 1 fully saturated rings. The van der Waals surface area contributed by atoms with E-state index in [9.17, 15) is 9.18 Å². The summed E-state index contributed by atoms with van der Waals surface area (Å²) < 4.78 is 13.6. The lowest BCUT2D eigenvalue weighted by Crippen LogP contribution is -2.35. The molecule has 4 rings (SSSR count). The summed E-state index contributed by atoms with van der Waals surface area (Å²) in [4.78, 5) is 26.4. The smallest absolute Gasteiger partial charge is 0.254 e. The molecular formula is C26H29FN4O. The molecule has 2 aromatic carbocycles. The van der Waals surface area contributed by atoms with Gasteiger partial charge in [0.15, 0.2) is 0 Å². The van der Waals surface area contributed by atoms with Gasteiger partial charge in [0.2, 0.25) is 0 Å². The first-order valence-electron chi connectivity index (χ1n) is 11.1. The first-order valence-corrected chi connectivity index (χ1v) is 11.1. The fraction of sp³-hybridized carbons (Fsp3) is 0.346. The van der Waals surface area contributed by atoms with Crippen LogP contribution in [0.4, 0.5) is 10.2 Å². The maximum atomic E-state index is 13.6. The molecule has 1 aliphatic rings. The van der Waals surface area contributed by atoms with Gasteiger partial charge in [-0.1, -0.05) is 35.9 Å². The minimum atomic E-state index is -0.389. The highest BCUT2D eigenvalue weighted by molar-refractivity contribution is 5.94. The molecule has 0 radical (unpaired) electrons. The van der Waals surface area contributed by atoms with Gasteiger partial charge >= 0.3 is 0 Å². The molecule has 1 aliphatic heterocycles. The molecule has 2 heterocycles. The highest BCUT2D eigenvalue weighted by Gasteiger charge is 2.24.